The molecular weight excluding hydrogens is 370 g/mol. The van der Waals surface area contributed by atoms with E-state index in [1.165, 1.54) is 4.80 Å². The smallest absolute Gasteiger partial charge is 0.232 e. The summed E-state index contributed by atoms with van der Waals surface area (Å²) >= 11 is 0. The number of nitrogen functional groups attached to an aromatic ring is 1. The van der Waals surface area contributed by atoms with E-state index < -0.39 is 0 Å². The van der Waals surface area contributed by atoms with E-state index in [1.54, 1.807) is 7.11 Å². The first-order valence-corrected chi connectivity index (χ1v) is 8.86. The molecule has 4 rings (SSSR count). The van der Waals surface area contributed by atoms with Crippen LogP contribution in [0.4, 0.5) is 17.6 Å². The van der Waals surface area contributed by atoms with Crippen LogP contribution in [0.25, 0.3) is 11.4 Å². The zero-order valence-corrected chi connectivity index (χ0v) is 15.9. The van der Waals surface area contributed by atoms with E-state index in [0.717, 1.165) is 22.6 Å². The van der Waals surface area contributed by atoms with Crippen LogP contribution in [0, 0.1) is 6.92 Å². The molecule has 0 aliphatic carbocycles. The molecule has 10 nitrogen and oxygen atoms in total. The molecule has 146 valence electrons. The van der Waals surface area contributed by atoms with Crippen LogP contribution in [0.3, 0.4) is 0 Å². The van der Waals surface area contributed by atoms with Gasteiger partial charge in [0.2, 0.25) is 17.7 Å². The summed E-state index contributed by atoms with van der Waals surface area (Å²) in [6.07, 6.45) is 0. The predicted octanol–water partition coefficient (Wildman–Crippen LogP) is 2.22. The Hall–Kier alpha value is -4.08. The zero-order chi connectivity index (χ0) is 20.2. The summed E-state index contributed by atoms with van der Waals surface area (Å²) in [5.41, 5.74) is 8.61. The first-order valence-electron chi connectivity index (χ1n) is 8.86. The fraction of sp³-hybridized carbons (Fsp3) is 0.158. The number of benzene rings is 2. The highest BCUT2D eigenvalue weighted by molar-refractivity contribution is 5.58. The van der Waals surface area contributed by atoms with Crippen LogP contribution in [0.2, 0.25) is 0 Å². The standard InChI is InChI=1S/C19H19N9O/c1-12-6-3-4-9-15(12)21-19-23-16(22-18(20)24-19)11-28-26-17(25-27-28)13-7-5-8-14(10-13)29-2/h3-10H,11H2,1-2H3,(H3,20,21,22,23,24). The molecule has 2 aromatic heterocycles. The van der Waals surface area contributed by atoms with Crippen molar-refractivity contribution in [2.45, 2.75) is 13.5 Å². The van der Waals surface area contributed by atoms with Gasteiger partial charge in [-0.3, -0.25) is 0 Å². The molecule has 10 heteroatoms. The van der Waals surface area contributed by atoms with Crippen molar-refractivity contribution in [2.75, 3.05) is 18.2 Å². The molecule has 4 aromatic rings. The Morgan fingerprint density at radius 3 is 2.76 bits per heavy atom. The van der Waals surface area contributed by atoms with Gasteiger partial charge in [-0.1, -0.05) is 30.3 Å². The van der Waals surface area contributed by atoms with Gasteiger partial charge in [0.15, 0.2) is 5.82 Å². The number of rotatable bonds is 6. The van der Waals surface area contributed by atoms with Crippen LogP contribution in [0.5, 0.6) is 5.75 Å². The fourth-order valence-electron chi connectivity index (χ4n) is 2.71. The van der Waals surface area contributed by atoms with Crippen LogP contribution in [-0.4, -0.2) is 42.3 Å². The zero-order valence-electron chi connectivity index (χ0n) is 15.9. The predicted molar refractivity (Wildman–Crippen MR) is 108 cm³/mol. The van der Waals surface area contributed by atoms with Gasteiger partial charge in [0, 0.05) is 11.3 Å². The summed E-state index contributed by atoms with van der Waals surface area (Å²) in [6.45, 7) is 2.19. The van der Waals surface area contributed by atoms with Crippen molar-refractivity contribution in [3.8, 4) is 17.1 Å². The lowest BCUT2D eigenvalue weighted by Gasteiger charge is -2.09. The van der Waals surface area contributed by atoms with E-state index in [4.69, 9.17) is 10.5 Å². The van der Waals surface area contributed by atoms with Crippen LogP contribution in [0.15, 0.2) is 48.5 Å². The maximum atomic E-state index is 5.85. The topological polar surface area (TPSA) is 130 Å². The minimum Gasteiger partial charge on any atom is -0.497 e. The van der Waals surface area contributed by atoms with Gasteiger partial charge >= 0.3 is 0 Å². The second-order valence-electron chi connectivity index (χ2n) is 6.25. The molecule has 0 bridgehead atoms. The summed E-state index contributed by atoms with van der Waals surface area (Å²) in [7, 11) is 1.61. The monoisotopic (exact) mass is 389 g/mol. The number of hydrogen-bond donors (Lipinski definition) is 2. The van der Waals surface area contributed by atoms with Crippen molar-refractivity contribution < 1.29 is 4.74 Å². The summed E-state index contributed by atoms with van der Waals surface area (Å²) in [5.74, 6) is 2.08. The highest BCUT2D eigenvalue weighted by Crippen LogP contribution is 2.20. The maximum absolute atomic E-state index is 5.85. The number of nitrogens with zero attached hydrogens (tertiary/aromatic N) is 7. The molecule has 0 saturated heterocycles. The third-order valence-corrected chi connectivity index (χ3v) is 4.15. The Bertz CT molecular complexity index is 1140. The van der Waals surface area contributed by atoms with Gasteiger partial charge in [-0.05, 0) is 35.9 Å². The molecule has 0 saturated carbocycles. The summed E-state index contributed by atoms with van der Waals surface area (Å²) in [4.78, 5) is 14.1. The SMILES string of the molecule is COc1cccc(-c2nnn(Cc3nc(N)nc(Nc4ccccc4C)n3)n2)c1. The second-order valence-corrected chi connectivity index (χ2v) is 6.25. The number of aryl methyl sites for hydroxylation is 1. The van der Waals surface area contributed by atoms with Gasteiger partial charge in [-0.25, -0.2) is 0 Å². The number of hydrogen-bond acceptors (Lipinski definition) is 9. The molecule has 0 fully saturated rings. The van der Waals surface area contributed by atoms with E-state index in [1.807, 2.05) is 55.5 Å². The normalized spacial score (nSPS) is 10.7. The Labute approximate surface area is 166 Å². The van der Waals surface area contributed by atoms with Gasteiger partial charge in [-0.2, -0.15) is 19.7 Å². The van der Waals surface area contributed by atoms with Gasteiger partial charge in [0.1, 0.15) is 12.3 Å². The number of para-hydroxylation sites is 1. The van der Waals surface area contributed by atoms with Crippen LogP contribution in [0.1, 0.15) is 11.4 Å². The molecule has 29 heavy (non-hydrogen) atoms. The van der Waals surface area contributed by atoms with Crippen LogP contribution >= 0.6 is 0 Å². The lowest BCUT2D eigenvalue weighted by atomic mass is 10.2. The van der Waals surface area contributed by atoms with E-state index >= 15 is 0 Å². The molecule has 2 aromatic carbocycles. The Balaban J connectivity index is 1.55. The minimum atomic E-state index is 0.110. The number of anilines is 3. The van der Waals surface area contributed by atoms with E-state index in [-0.39, 0.29) is 12.5 Å². The number of methoxy groups -OCH3 is 1. The minimum absolute atomic E-state index is 0.110. The lowest BCUT2D eigenvalue weighted by Crippen LogP contribution is -2.12. The van der Waals surface area contributed by atoms with Crippen molar-refractivity contribution >= 4 is 17.6 Å². The largest absolute Gasteiger partial charge is 0.497 e. The van der Waals surface area contributed by atoms with Gasteiger partial charge in [0.05, 0.1) is 7.11 Å². The summed E-state index contributed by atoms with van der Waals surface area (Å²) in [6, 6.07) is 15.3. The molecule has 0 amide bonds. The second kappa shape index (κ2) is 7.89. The third-order valence-electron chi connectivity index (χ3n) is 4.15. The first kappa shape index (κ1) is 18.3. The number of nitrogens with one attached hydrogen (secondary N) is 1. The molecule has 0 aliphatic heterocycles. The third kappa shape index (κ3) is 4.26. The Morgan fingerprint density at radius 1 is 1.07 bits per heavy atom. The molecular formula is C19H19N9O. The van der Waals surface area contributed by atoms with Crippen molar-refractivity contribution in [2.24, 2.45) is 0 Å². The van der Waals surface area contributed by atoms with Gasteiger partial charge in [0.25, 0.3) is 0 Å². The Morgan fingerprint density at radius 2 is 1.93 bits per heavy atom. The van der Waals surface area contributed by atoms with Crippen molar-refractivity contribution in [1.82, 2.24) is 35.2 Å². The van der Waals surface area contributed by atoms with E-state index in [2.05, 4.69) is 35.7 Å². The van der Waals surface area contributed by atoms with Gasteiger partial charge in [-0.15, -0.1) is 10.2 Å². The molecule has 0 unspecified atom stereocenters. The Kier molecular flexibility index (Phi) is 4.97. The molecule has 0 aliphatic rings. The summed E-state index contributed by atoms with van der Waals surface area (Å²) in [5, 5.41) is 15.7. The van der Waals surface area contributed by atoms with Crippen molar-refractivity contribution in [3.63, 3.8) is 0 Å². The molecule has 2 heterocycles. The molecule has 3 N–H and O–H groups in total. The lowest BCUT2D eigenvalue weighted by molar-refractivity contribution is 0.415. The number of nitrogens with two attached hydrogens (primary N) is 1. The van der Waals surface area contributed by atoms with E-state index in [0.29, 0.717) is 17.6 Å². The van der Waals surface area contributed by atoms with Crippen LogP contribution in [-0.2, 0) is 6.54 Å². The highest BCUT2D eigenvalue weighted by Gasteiger charge is 2.11. The fourth-order valence-corrected chi connectivity index (χ4v) is 2.71. The maximum Gasteiger partial charge on any atom is 0.232 e. The van der Waals surface area contributed by atoms with Crippen molar-refractivity contribution in [1.29, 1.82) is 0 Å². The highest BCUT2D eigenvalue weighted by atomic mass is 16.5. The van der Waals surface area contributed by atoms with E-state index in [9.17, 15) is 0 Å². The number of tetrazole rings is 1. The quantitative estimate of drug-likeness (QED) is 0.510. The van der Waals surface area contributed by atoms with Crippen molar-refractivity contribution in [3.05, 3.63) is 59.9 Å². The first-order chi connectivity index (χ1) is 14.1. The average molecular weight is 389 g/mol. The number of ether oxygens (including phenoxy) is 1. The van der Waals surface area contributed by atoms with Crippen LogP contribution < -0.4 is 15.8 Å². The average Bonchev–Trinajstić information content (AvgIpc) is 3.18. The van der Waals surface area contributed by atoms with Gasteiger partial charge < -0.3 is 15.8 Å². The molecule has 0 spiro atoms. The summed E-state index contributed by atoms with van der Waals surface area (Å²) < 4.78 is 5.23. The molecule has 0 radical (unpaired) electrons. The number of aromatic nitrogens is 7. The molecule has 0 atom stereocenters.